The summed E-state index contributed by atoms with van der Waals surface area (Å²) in [4.78, 5) is 39.3. The standard InChI is InChI=1S/C9H10N2OS.H3O4P/c1-3-7-5-11-8(12)4-6(2)10-9(11)13-7;1-5(2,3)4/h4-5H,3H2,1-2H3;(H3,1,2,3,4). The van der Waals surface area contributed by atoms with Gasteiger partial charge < -0.3 is 14.7 Å². The molecule has 0 fully saturated rings. The molecule has 2 heterocycles. The third-order valence-corrected chi connectivity index (χ3v) is 3.02. The molecule has 0 unspecified atom stereocenters. The van der Waals surface area contributed by atoms with Crippen molar-refractivity contribution in [2.24, 2.45) is 0 Å². The van der Waals surface area contributed by atoms with Gasteiger partial charge in [0.05, 0.1) is 0 Å². The fraction of sp³-hybridized carbons (Fsp3) is 0.333. The highest BCUT2D eigenvalue weighted by atomic mass is 32.1. The van der Waals surface area contributed by atoms with Crippen LogP contribution in [0.2, 0.25) is 0 Å². The molecule has 0 amide bonds. The fourth-order valence-corrected chi connectivity index (χ4v) is 2.19. The first-order chi connectivity index (χ1) is 8.20. The molecule has 0 radical (unpaired) electrons. The second-order valence-corrected chi connectivity index (χ2v) is 5.57. The zero-order chi connectivity index (χ0) is 13.9. The number of phosphoric acid groups is 1. The van der Waals surface area contributed by atoms with Crippen molar-refractivity contribution in [3.05, 3.63) is 33.2 Å². The van der Waals surface area contributed by atoms with Crippen LogP contribution in [0.25, 0.3) is 4.96 Å². The van der Waals surface area contributed by atoms with E-state index in [0.717, 1.165) is 17.1 Å². The molecule has 0 spiro atoms. The first-order valence-electron chi connectivity index (χ1n) is 4.97. The lowest BCUT2D eigenvalue weighted by Gasteiger charge is -1.91. The van der Waals surface area contributed by atoms with Crippen LogP contribution in [0.5, 0.6) is 0 Å². The van der Waals surface area contributed by atoms with Crippen LogP contribution in [0.3, 0.4) is 0 Å². The van der Waals surface area contributed by atoms with Gasteiger partial charge in [0.15, 0.2) is 4.96 Å². The molecular formula is C9H13N2O5PS. The van der Waals surface area contributed by atoms with Gasteiger partial charge in [-0.05, 0) is 13.3 Å². The average molecular weight is 292 g/mol. The Morgan fingerprint density at radius 1 is 1.44 bits per heavy atom. The molecule has 0 aliphatic heterocycles. The second-order valence-electron chi connectivity index (χ2n) is 3.45. The van der Waals surface area contributed by atoms with Crippen LogP contribution >= 0.6 is 19.2 Å². The van der Waals surface area contributed by atoms with Gasteiger partial charge in [0.2, 0.25) is 0 Å². The maximum Gasteiger partial charge on any atom is 0.466 e. The summed E-state index contributed by atoms with van der Waals surface area (Å²) in [6.45, 7) is 3.91. The number of hydrogen-bond donors (Lipinski definition) is 3. The molecular weight excluding hydrogens is 279 g/mol. The Hall–Kier alpha value is -1.05. The number of fused-ring (bicyclic) bond motifs is 1. The van der Waals surface area contributed by atoms with E-state index in [2.05, 4.69) is 11.9 Å². The molecule has 0 saturated carbocycles. The first-order valence-corrected chi connectivity index (χ1v) is 7.36. The molecule has 3 N–H and O–H groups in total. The average Bonchev–Trinajstić information content (AvgIpc) is 2.58. The van der Waals surface area contributed by atoms with Crippen LogP contribution < -0.4 is 5.56 Å². The van der Waals surface area contributed by atoms with Crippen molar-refractivity contribution in [1.29, 1.82) is 0 Å². The van der Waals surface area contributed by atoms with E-state index in [1.165, 1.54) is 4.88 Å². The van der Waals surface area contributed by atoms with E-state index in [1.807, 2.05) is 13.1 Å². The van der Waals surface area contributed by atoms with Crippen molar-refractivity contribution in [2.45, 2.75) is 20.3 Å². The molecule has 0 bridgehead atoms. The summed E-state index contributed by atoms with van der Waals surface area (Å²) in [5, 5.41) is 0. The number of rotatable bonds is 1. The lowest BCUT2D eigenvalue weighted by atomic mass is 10.4. The maximum absolute atomic E-state index is 11.5. The minimum atomic E-state index is -4.64. The topological polar surface area (TPSA) is 112 Å². The second kappa shape index (κ2) is 5.73. The smallest absolute Gasteiger partial charge is 0.303 e. The van der Waals surface area contributed by atoms with Crippen LogP contribution in [0, 0.1) is 6.92 Å². The van der Waals surface area contributed by atoms with Crippen LogP contribution in [-0.4, -0.2) is 24.1 Å². The Bertz CT molecular complexity index is 636. The van der Waals surface area contributed by atoms with Crippen molar-refractivity contribution < 1.29 is 19.2 Å². The zero-order valence-corrected chi connectivity index (χ0v) is 11.5. The summed E-state index contributed by atoms with van der Waals surface area (Å²) in [7, 11) is -4.64. The van der Waals surface area contributed by atoms with Gasteiger partial charge >= 0.3 is 7.82 Å². The van der Waals surface area contributed by atoms with E-state index < -0.39 is 7.82 Å². The number of thiazole rings is 1. The summed E-state index contributed by atoms with van der Waals surface area (Å²) in [5.41, 5.74) is 0.799. The van der Waals surface area contributed by atoms with Gasteiger partial charge in [-0.15, -0.1) is 11.3 Å². The number of aromatic nitrogens is 2. The maximum atomic E-state index is 11.5. The van der Waals surface area contributed by atoms with Crippen molar-refractivity contribution in [2.75, 3.05) is 0 Å². The molecule has 0 saturated heterocycles. The molecule has 100 valence electrons. The summed E-state index contributed by atoms with van der Waals surface area (Å²) in [5.74, 6) is 0. The van der Waals surface area contributed by atoms with Gasteiger partial charge in [-0.2, -0.15) is 0 Å². The fourth-order valence-electron chi connectivity index (χ4n) is 1.22. The molecule has 2 aromatic rings. The Morgan fingerprint density at radius 2 is 2.00 bits per heavy atom. The number of hydrogen-bond acceptors (Lipinski definition) is 4. The van der Waals surface area contributed by atoms with Gasteiger partial charge in [-0.25, -0.2) is 9.55 Å². The van der Waals surface area contributed by atoms with Crippen molar-refractivity contribution >= 4 is 24.1 Å². The molecule has 9 heteroatoms. The van der Waals surface area contributed by atoms with Crippen LogP contribution in [0.15, 0.2) is 17.1 Å². The van der Waals surface area contributed by atoms with E-state index in [9.17, 15) is 4.79 Å². The molecule has 0 aliphatic carbocycles. The predicted octanol–water partition coefficient (Wildman–Crippen LogP) is 0.698. The normalized spacial score (nSPS) is 11.2. The highest BCUT2D eigenvalue weighted by molar-refractivity contribution is 7.45. The van der Waals surface area contributed by atoms with E-state index in [4.69, 9.17) is 19.2 Å². The Morgan fingerprint density at radius 3 is 2.50 bits per heavy atom. The van der Waals surface area contributed by atoms with Crippen molar-refractivity contribution in [1.82, 2.24) is 9.38 Å². The van der Waals surface area contributed by atoms with Crippen LogP contribution in [-0.2, 0) is 11.0 Å². The third kappa shape index (κ3) is 4.67. The molecule has 2 rings (SSSR count). The van der Waals surface area contributed by atoms with Gasteiger partial charge in [-0.3, -0.25) is 9.20 Å². The molecule has 0 aromatic carbocycles. The highest BCUT2D eigenvalue weighted by Gasteiger charge is 2.03. The molecule has 0 atom stereocenters. The van der Waals surface area contributed by atoms with Gasteiger partial charge in [0.25, 0.3) is 5.56 Å². The monoisotopic (exact) mass is 292 g/mol. The zero-order valence-electron chi connectivity index (χ0n) is 9.77. The van der Waals surface area contributed by atoms with Gasteiger partial charge in [0, 0.05) is 22.8 Å². The van der Waals surface area contributed by atoms with Crippen molar-refractivity contribution in [3.8, 4) is 0 Å². The summed E-state index contributed by atoms with van der Waals surface area (Å²) in [6, 6.07) is 1.55. The van der Waals surface area contributed by atoms with E-state index >= 15 is 0 Å². The Kier molecular flexibility index (Phi) is 4.78. The predicted molar refractivity (Wildman–Crippen MR) is 67.7 cm³/mol. The first kappa shape index (κ1) is 15.0. The summed E-state index contributed by atoms with van der Waals surface area (Å²) >= 11 is 1.58. The van der Waals surface area contributed by atoms with Gasteiger partial charge in [-0.1, -0.05) is 6.92 Å². The summed E-state index contributed by atoms with van der Waals surface area (Å²) in [6.07, 6.45) is 2.82. The Labute approximate surface area is 107 Å². The largest absolute Gasteiger partial charge is 0.466 e. The van der Waals surface area contributed by atoms with Gasteiger partial charge in [0.1, 0.15) is 0 Å². The highest BCUT2D eigenvalue weighted by Crippen LogP contribution is 2.25. The number of nitrogens with zero attached hydrogens (tertiary/aromatic N) is 2. The lowest BCUT2D eigenvalue weighted by Crippen LogP contribution is -2.11. The van der Waals surface area contributed by atoms with E-state index in [-0.39, 0.29) is 5.56 Å². The SMILES string of the molecule is CCc1cn2c(=O)cc(C)nc2s1.O=P(O)(O)O. The Balaban J connectivity index is 0.000000280. The van der Waals surface area contributed by atoms with E-state index in [0.29, 0.717) is 0 Å². The van der Waals surface area contributed by atoms with Crippen LogP contribution in [0.1, 0.15) is 17.5 Å². The lowest BCUT2D eigenvalue weighted by molar-refractivity contribution is 0.275. The molecule has 18 heavy (non-hydrogen) atoms. The molecule has 7 nitrogen and oxygen atoms in total. The number of aryl methyl sites for hydroxylation is 2. The van der Waals surface area contributed by atoms with Crippen LogP contribution in [0.4, 0.5) is 0 Å². The molecule has 2 aromatic heterocycles. The minimum absolute atomic E-state index is 0.0125. The van der Waals surface area contributed by atoms with E-state index in [1.54, 1.807) is 21.8 Å². The van der Waals surface area contributed by atoms with Crippen molar-refractivity contribution in [3.63, 3.8) is 0 Å². The minimum Gasteiger partial charge on any atom is -0.303 e. The molecule has 0 aliphatic rings. The summed E-state index contributed by atoms with van der Waals surface area (Å²) < 4.78 is 10.5. The quantitative estimate of drug-likeness (QED) is 0.667. The third-order valence-electron chi connectivity index (χ3n) is 1.89.